The van der Waals surface area contributed by atoms with Crippen molar-refractivity contribution in [1.82, 2.24) is 15.2 Å². The van der Waals surface area contributed by atoms with Crippen molar-refractivity contribution < 1.29 is 9.53 Å². The predicted octanol–water partition coefficient (Wildman–Crippen LogP) is 4.24. The molecule has 1 N–H and O–H groups in total. The molecule has 0 saturated carbocycles. The average Bonchev–Trinajstić information content (AvgIpc) is 3.14. The topological polar surface area (TPSA) is 78.2 Å². The van der Waals surface area contributed by atoms with Crippen LogP contribution in [0.2, 0.25) is 0 Å². The number of nitrogens with one attached hydrogen (secondary N) is 1. The van der Waals surface area contributed by atoms with E-state index in [1.807, 2.05) is 19.1 Å². The number of carbonyl (C=O) groups is 1. The number of hydrogen-bond acceptors (Lipinski definition) is 6. The molecule has 1 aromatic carbocycles. The number of hydrogen-bond donors (Lipinski definition) is 1. The van der Waals surface area contributed by atoms with Gasteiger partial charge in [-0.3, -0.25) is 4.79 Å². The quantitative estimate of drug-likeness (QED) is 0.683. The summed E-state index contributed by atoms with van der Waals surface area (Å²) in [6.07, 6.45) is 3.80. The Balaban J connectivity index is 1.66. The van der Waals surface area contributed by atoms with Gasteiger partial charge < -0.3 is 15.0 Å². The highest BCUT2D eigenvalue weighted by Gasteiger charge is 2.18. The van der Waals surface area contributed by atoms with Crippen molar-refractivity contribution in [2.24, 2.45) is 5.92 Å². The molecule has 2 heterocycles. The first-order chi connectivity index (χ1) is 14.5. The fourth-order valence-electron chi connectivity index (χ4n) is 3.45. The molecule has 2 aromatic rings. The average molecular weight is 427 g/mol. The maximum atomic E-state index is 12.6. The fourth-order valence-corrected chi connectivity index (χ4v) is 4.43. The highest BCUT2D eigenvalue weighted by Crippen LogP contribution is 2.31. The van der Waals surface area contributed by atoms with Gasteiger partial charge in [-0.05, 0) is 57.0 Å². The van der Waals surface area contributed by atoms with Gasteiger partial charge in [0.05, 0.1) is 17.9 Å². The maximum Gasteiger partial charge on any atom is 0.263 e. The molecule has 1 amide bonds. The molecule has 0 radical (unpaired) electrons. The molecule has 160 valence electrons. The first kappa shape index (κ1) is 22.3. The molecule has 1 aliphatic rings. The van der Waals surface area contributed by atoms with Crippen LogP contribution in [0.25, 0.3) is 10.6 Å². The summed E-state index contributed by atoms with van der Waals surface area (Å²) in [5, 5.41) is 13.3. The van der Waals surface area contributed by atoms with Gasteiger partial charge in [-0.15, -0.1) is 11.3 Å². The van der Waals surface area contributed by atoms with Gasteiger partial charge >= 0.3 is 0 Å². The van der Waals surface area contributed by atoms with Crippen LogP contribution in [0.1, 0.15) is 54.0 Å². The summed E-state index contributed by atoms with van der Waals surface area (Å²) in [7, 11) is 0. The van der Waals surface area contributed by atoms with E-state index in [1.165, 1.54) is 30.6 Å². The highest BCUT2D eigenvalue weighted by molar-refractivity contribution is 7.17. The SMILES string of the molecule is Cc1nc(-c2ccc(OCC(C)C)c(C#N)c2)sc1C(=O)NCCN1CCCCC1. The van der Waals surface area contributed by atoms with Crippen LogP contribution in [0.3, 0.4) is 0 Å². The van der Waals surface area contributed by atoms with Crippen LogP contribution in [0.5, 0.6) is 5.75 Å². The fraction of sp³-hybridized carbons (Fsp3) is 0.522. The van der Waals surface area contributed by atoms with Crippen LogP contribution in [-0.4, -0.2) is 48.6 Å². The normalized spacial score (nSPS) is 14.5. The molecule has 30 heavy (non-hydrogen) atoms. The van der Waals surface area contributed by atoms with E-state index in [2.05, 4.69) is 35.1 Å². The first-order valence-electron chi connectivity index (χ1n) is 10.6. The Morgan fingerprint density at radius 2 is 2.10 bits per heavy atom. The summed E-state index contributed by atoms with van der Waals surface area (Å²) in [5.41, 5.74) is 2.02. The molecule has 0 unspecified atom stereocenters. The standard InChI is InChI=1S/C23H30N4O2S/c1-16(2)15-29-20-8-7-18(13-19(20)14-24)23-26-17(3)21(30-23)22(28)25-9-12-27-10-5-4-6-11-27/h7-8,13,16H,4-6,9-12,15H2,1-3H3,(H,25,28). The molecular formula is C23H30N4O2S. The van der Waals surface area contributed by atoms with Crippen molar-refractivity contribution in [3.8, 4) is 22.4 Å². The molecule has 0 bridgehead atoms. The molecule has 0 atom stereocenters. The van der Waals surface area contributed by atoms with Gasteiger partial charge in [0.15, 0.2) is 0 Å². The van der Waals surface area contributed by atoms with Gasteiger partial charge in [0.2, 0.25) is 0 Å². The predicted molar refractivity (Wildman–Crippen MR) is 120 cm³/mol. The Bertz CT molecular complexity index is 910. The Morgan fingerprint density at radius 3 is 2.80 bits per heavy atom. The van der Waals surface area contributed by atoms with E-state index in [1.54, 1.807) is 6.07 Å². The van der Waals surface area contributed by atoms with Gasteiger partial charge in [-0.25, -0.2) is 4.98 Å². The Labute approximate surface area is 182 Å². The summed E-state index contributed by atoms with van der Waals surface area (Å²) in [4.78, 5) is 20.3. The number of piperidine rings is 1. The zero-order chi connectivity index (χ0) is 21.5. The monoisotopic (exact) mass is 426 g/mol. The molecule has 1 saturated heterocycles. The van der Waals surface area contributed by atoms with Crippen LogP contribution < -0.4 is 10.1 Å². The number of ether oxygens (including phenoxy) is 1. The van der Waals surface area contributed by atoms with Crippen molar-refractivity contribution in [3.63, 3.8) is 0 Å². The molecule has 3 rings (SSSR count). The zero-order valence-corrected chi connectivity index (χ0v) is 18.8. The lowest BCUT2D eigenvalue weighted by molar-refractivity contribution is 0.0950. The van der Waals surface area contributed by atoms with Gasteiger partial charge in [-0.1, -0.05) is 20.3 Å². The smallest absolute Gasteiger partial charge is 0.263 e. The number of carbonyl (C=O) groups excluding carboxylic acids is 1. The van der Waals surface area contributed by atoms with E-state index < -0.39 is 0 Å². The largest absolute Gasteiger partial charge is 0.492 e. The number of nitrogens with zero attached hydrogens (tertiary/aromatic N) is 3. The molecule has 1 aromatic heterocycles. The van der Waals surface area contributed by atoms with Crippen LogP contribution >= 0.6 is 11.3 Å². The molecule has 1 fully saturated rings. The Kier molecular flexibility index (Phi) is 7.83. The third-order valence-electron chi connectivity index (χ3n) is 5.08. The minimum Gasteiger partial charge on any atom is -0.492 e. The number of likely N-dealkylation sites (tertiary alicyclic amines) is 1. The van der Waals surface area contributed by atoms with Crippen molar-refractivity contribution >= 4 is 17.2 Å². The molecule has 6 nitrogen and oxygen atoms in total. The Hall–Kier alpha value is -2.43. The molecule has 0 spiro atoms. The van der Waals surface area contributed by atoms with E-state index in [-0.39, 0.29) is 5.91 Å². The number of aryl methyl sites for hydroxylation is 1. The Morgan fingerprint density at radius 1 is 1.33 bits per heavy atom. The van der Waals surface area contributed by atoms with Gasteiger partial charge in [0, 0.05) is 18.7 Å². The van der Waals surface area contributed by atoms with Crippen LogP contribution in [0.4, 0.5) is 0 Å². The van der Waals surface area contributed by atoms with Crippen molar-refractivity contribution in [1.29, 1.82) is 5.26 Å². The second-order valence-electron chi connectivity index (χ2n) is 8.12. The minimum atomic E-state index is -0.0781. The summed E-state index contributed by atoms with van der Waals surface area (Å²) in [5.74, 6) is 0.887. The number of thiazole rings is 1. The minimum absolute atomic E-state index is 0.0781. The van der Waals surface area contributed by atoms with E-state index in [0.29, 0.717) is 41.0 Å². The van der Waals surface area contributed by atoms with Crippen molar-refractivity contribution in [2.45, 2.75) is 40.0 Å². The molecular weight excluding hydrogens is 396 g/mol. The van der Waals surface area contributed by atoms with E-state index in [0.717, 1.165) is 30.2 Å². The van der Waals surface area contributed by atoms with E-state index in [4.69, 9.17) is 4.74 Å². The second-order valence-corrected chi connectivity index (χ2v) is 9.12. The summed E-state index contributed by atoms with van der Waals surface area (Å²) in [6, 6.07) is 7.69. The third-order valence-corrected chi connectivity index (χ3v) is 6.29. The van der Waals surface area contributed by atoms with Crippen LogP contribution in [0.15, 0.2) is 18.2 Å². The zero-order valence-electron chi connectivity index (χ0n) is 18.0. The highest BCUT2D eigenvalue weighted by atomic mass is 32.1. The summed E-state index contributed by atoms with van der Waals surface area (Å²) < 4.78 is 5.73. The van der Waals surface area contributed by atoms with E-state index in [9.17, 15) is 10.1 Å². The number of rotatable bonds is 8. The number of amides is 1. The summed E-state index contributed by atoms with van der Waals surface area (Å²) >= 11 is 1.36. The number of benzene rings is 1. The summed E-state index contributed by atoms with van der Waals surface area (Å²) in [6.45, 7) is 10.3. The second kappa shape index (κ2) is 10.6. The van der Waals surface area contributed by atoms with Crippen LogP contribution in [0, 0.1) is 24.2 Å². The lowest BCUT2D eigenvalue weighted by atomic mass is 10.1. The van der Waals surface area contributed by atoms with Gasteiger partial charge in [0.25, 0.3) is 5.91 Å². The lowest BCUT2D eigenvalue weighted by Crippen LogP contribution is -2.37. The molecule has 7 heteroatoms. The van der Waals surface area contributed by atoms with Crippen molar-refractivity contribution in [2.75, 3.05) is 32.8 Å². The lowest BCUT2D eigenvalue weighted by Gasteiger charge is -2.26. The van der Waals surface area contributed by atoms with Crippen LogP contribution in [-0.2, 0) is 0 Å². The maximum absolute atomic E-state index is 12.6. The number of nitriles is 1. The first-order valence-corrected chi connectivity index (χ1v) is 11.4. The number of aromatic nitrogens is 1. The van der Waals surface area contributed by atoms with E-state index >= 15 is 0 Å². The third kappa shape index (κ3) is 5.80. The van der Waals surface area contributed by atoms with Crippen molar-refractivity contribution in [3.05, 3.63) is 34.3 Å². The van der Waals surface area contributed by atoms with Gasteiger partial charge in [0.1, 0.15) is 21.7 Å². The molecule has 0 aliphatic carbocycles. The molecule has 1 aliphatic heterocycles. The van der Waals surface area contributed by atoms with Gasteiger partial charge in [-0.2, -0.15) is 5.26 Å².